The van der Waals surface area contributed by atoms with E-state index >= 15 is 0 Å². The highest BCUT2D eigenvalue weighted by molar-refractivity contribution is 7.89. The molecule has 1 heterocycles. The highest BCUT2D eigenvalue weighted by Gasteiger charge is 2.31. The lowest BCUT2D eigenvalue weighted by molar-refractivity contribution is -0.126. The zero-order chi connectivity index (χ0) is 19.0. The maximum atomic E-state index is 12.4. The normalized spacial score (nSPS) is 18.5. The summed E-state index contributed by atoms with van der Waals surface area (Å²) in [4.78, 5) is 12.4. The number of hydrogen-bond acceptors (Lipinski definition) is 5. The fourth-order valence-electron chi connectivity index (χ4n) is 3.03. The largest absolute Gasteiger partial charge is 0.497 e. The molecule has 146 valence electrons. The fraction of sp³-hybridized carbons (Fsp3) is 0.611. The van der Waals surface area contributed by atoms with Crippen molar-refractivity contribution in [3.8, 4) is 5.75 Å². The van der Waals surface area contributed by atoms with Gasteiger partial charge in [0, 0.05) is 26.7 Å². The summed E-state index contributed by atoms with van der Waals surface area (Å²) in [7, 11) is -0.271. The third kappa shape index (κ3) is 5.96. The van der Waals surface area contributed by atoms with Crippen molar-refractivity contribution in [2.24, 2.45) is 5.92 Å². The molecule has 1 saturated heterocycles. The van der Waals surface area contributed by atoms with E-state index in [4.69, 9.17) is 9.47 Å². The molecule has 0 spiro atoms. The van der Waals surface area contributed by atoms with Crippen LogP contribution in [0.15, 0.2) is 24.3 Å². The number of rotatable bonds is 9. The summed E-state index contributed by atoms with van der Waals surface area (Å²) < 4.78 is 36.0. The van der Waals surface area contributed by atoms with Gasteiger partial charge >= 0.3 is 0 Å². The molecule has 7 nitrogen and oxygen atoms in total. The molecule has 8 heteroatoms. The zero-order valence-corrected chi connectivity index (χ0v) is 16.3. The highest BCUT2D eigenvalue weighted by atomic mass is 32.2. The number of piperidine rings is 1. The van der Waals surface area contributed by atoms with Gasteiger partial charge in [-0.15, -0.1) is 0 Å². The smallest absolute Gasteiger partial charge is 0.224 e. The summed E-state index contributed by atoms with van der Waals surface area (Å²) in [5, 5.41) is 2.93. The fourth-order valence-corrected chi connectivity index (χ4v) is 4.48. The van der Waals surface area contributed by atoms with Crippen molar-refractivity contribution in [3.63, 3.8) is 0 Å². The van der Waals surface area contributed by atoms with Crippen LogP contribution in [-0.2, 0) is 26.0 Å². The summed E-state index contributed by atoms with van der Waals surface area (Å²) >= 11 is 0. The van der Waals surface area contributed by atoms with Crippen LogP contribution >= 0.6 is 0 Å². The minimum absolute atomic E-state index is 0.0479. The molecule has 1 amide bonds. The second-order valence-electron chi connectivity index (χ2n) is 6.40. The zero-order valence-electron chi connectivity index (χ0n) is 15.4. The third-order valence-electron chi connectivity index (χ3n) is 4.54. The quantitative estimate of drug-likeness (QED) is 0.688. The van der Waals surface area contributed by atoms with Gasteiger partial charge in [0.2, 0.25) is 15.9 Å². The van der Waals surface area contributed by atoms with Gasteiger partial charge in [-0.3, -0.25) is 4.79 Å². The van der Waals surface area contributed by atoms with E-state index < -0.39 is 10.0 Å². The number of methoxy groups -OCH3 is 2. The van der Waals surface area contributed by atoms with Crippen LogP contribution in [0.2, 0.25) is 0 Å². The van der Waals surface area contributed by atoms with Crippen LogP contribution in [0.1, 0.15) is 18.4 Å². The van der Waals surface area contributed by atoms with Gasteiger partial charge < -0.3 is 14.8 Å². The van der Waals surface area contributed by atoms with Crippen molar-refractivity contribution in [1.82, 2.24) is 9.62 Å². The predicted octanol–water partition coefficient (Wildman–Crippen LogP) is 1.04. The standard InChI is InChI=1S/C18H28N2O5S/c1-24-11-12-26(22,23)20-10-4-6-16(14-20)18(21)19-9-8-15-5-3-7-17(13-15)25-2/h3,5,7,13,16H,4,6,8-12,14H2,1-2H3,(H,19,21). The molecule has 0 saturated carbocycles. The van der Waals surface area contributed by atoms with Crippen molar-refractivity contribution < 1.29 is 22.7 Å². The minimum Gasteiger partial charge on any atom is -0.497 e. The number of hydrogen-bond donors (Lipinski definition) is 1. The van der Waals surface area contributed by atoms with Gasteiger partial charge in [-0.2, -0.15) is 0 Å². The Morgan fingerprint density at radius 2 is 2.15 bits per heavy atom. The first-order valence-electron chi connectivity index (χ1n) is 8.83. The number of benzene rings is 1. The van der Waals surface area contributed by atoms with Gasteiger partial charge in [-0.1, -0.05) is 12.1 Å². The SMILES string of the molecule is COCCS(=O)(=O)N1CCCC(C(=O)NCCc2cccc(OC)c2)C1. The molecule has 1 aromatic rings. The molecule has 1 N–H and O–H groups in total. The Bertz CT molecular complexity index is 693. The Morgan fingerprint density at radius 1 is 1.35 bits per heavy atom. The first-order chi connectivity index (χ1) is 12.5. The Hall–Kier alpha value is -1.64. The van der Waals surface area contributed by atoms with Gasteiger partial charge in [0.1, 0.15) is 5.75 Å². The highest BCUT2D eigenvalue weighted by Crippen LogP contribution is 2.20. The molecule has 26 heavy (non-hydrogen) atoms. The lowest BCUT2D eigenvalue weighted by atomic mass is 9.99. The Labute approximate surface area is 155 Å². The maximum Gasteiger partial charge on any atom is 0.224 e. The number of sulfonamides is 1. The number of amides is 1. The molecule has 1 aliphatic heterocycles. The number of carbonyl (C=O) groups excluding carboxylic acids is 1. The third-order valence-corrected chi connectivity index (χ3v) is 6.34. The topological polar surface area (TPSA) is 84.9 Å². The molecule has 1 aliphatic rings. The maximum absolute atomic E-state index is 12.4. The summed E-state index contributed by atoms with van der Waals surface area (Å²) in [5.74, 6) is 0.358. The van der Waals surface area contributed by atoms with E-state index in [-0.39, 0.29) is 30.7 Å². The van der Waals surface area contributed by atoms with Crippen LogP contribution in [-0.4, -0.2) is 64.8 Å². The van der Waals surface area contributed by atoms with Crippen LogP contribution in [0.25, 0.3) is 0 Å². The Balaban J connectivity index is 1.83. The van der Waals surface area contributed by atoms with Gasteiger partial charge in [-0.05, 0) is 37.0 Å². The Kier molecular flexibility index (Phi) is 7.86. The van der Waals surface area contributed by atoms with Crippen molar-refractivity contribution >= 4 is 15.9 Å². The monoisotopic (exact) mass is 384 g/mol. The molecule has 1 aromatic carbocycles. The average molecular weight is 384 g/mol. The molecule has 1 unspecified atom stereocenters. The Morgan fingerprint density at radius 3 is 2.88 bits per heavy atom. The number of nitrogens with one attached hydrogen (secondary N) is 1. The van der Waals surface area contributed by atoms with Gasteiger partial charge in [0.15, 0.2) is 0 Å². The van der Waals surface area contributed by atoms with E-state index in [0.29, 0.717) is 32.4 Å². The van der Waals surface area contributed by atoms with Crippen LogP contribution in [0.3, 0.4) is 0 Å². The van der Waals surface area contributed by atoms with Crippen molar-refractivity contribution in [2.45, 2.75) is 19.3 Å². The van der Waals surface area contributed by atoms with E-state index in [1.54, 1.807) is 7.11 Å². The van der Waals surface area contributed by atoms with Crippen LogP contribution in [0.5, 0.6) is 5.75 Å². The molecular formula is C18H28N2O5S. The first-order valence-corrected chi connectivity index (χ1v) is 10.4. The van der Waals surface area contributed by atoms with E-state index in [1.165, 1.54) is 11.4 Å². The molecule has 0 aliphatic carbocycles. The first kappa shape index (κ1) is 20.7. The molecule has 2 rings (SSSR count). The average Bonchev–Trinajstić information content (AvgIpc) is 2.66. The second-order valence-corrected chi connectivity index (χ2v) is 8.49. The molecular weight excluding hydrogens is 356 g/mol. The van der Waals surface area contributed by atoms with Gasteiger partial charge in [0.25, 0.3) is 0 Å². The molecule has 1 atom stereocenters. The van der Waals surface area contributed by atoms with Gasteiger partial charge in [0.05, 0.1) is 25.4 Å². The van der Waals surface area contributed by atoms with Crippen molar-refractivity contribution in [3.05, 3.63) is 29.8 Å². The molecule has 1 fully saturated rings. The molecule has 0 aromatic heterocycles. The summed E-state index contributed by atoms with van der Waals surface area (Å²) in [6.07, 6.45) is 2.10. The summed E-state index contributed by atoms with van der Waals surface area (Å²) in [6, 6.07) is 7.72. The lowest BCUT2D eigenvalue weighted by Crippen LogP contribution is -2.46. The minimum atomic E-state index is -3.37. The number of nitrogens with zero attached hydrogens (tertiary/aromatic N) is 1. The molecule has 0 bridgehead atoms. The van der Waals surface area contributed by atoms with E-state index in [0.717, 1.165) is 11.3 Å². The van der Waals surface area contributed by atoms with Crippen molar-refractivity contribution in [2.75, 3.05) is 46.2 Å². The molecule has 0 radical (unpaired) electrons. The lowest BCUT2D eigenvalue weighted by Gasteiger charge is -2.31. The van der Waals surface area contributed by atoms with Crippen LogP contribution in [0, 0.1) is 5.92 Å². The van der Waals surface area contributed by atoms with Crippen LogP contribution < -0.4 is 10.1 Å². The summed E-state index contributed by atoms with van der Waals surface area (Å²) in [5.41, 5.74) is 1.08. The van der Waals surface area contributed by atoms with Crippen LogP contribution in [0.4, 0.5) is 0 Å². The van der Waals surface area contributed by atoms with E-state index in [9.17, 15) is 13.2 Å². The second kappa shape index (κ2) is 9.89. The van der Waals surface area contributed by atoms with Gasteiger partial charge in [-0.25, -0.2) is 12.7 Å². The predicted molar refractivity (Wildman–Crippen MR) is 99.7 cm³/mol. The number of carbonyl (C=O) groups is 1. The summed E-state index contributed by atoms with van der Waals surface area (Å²) in [6.45, 7) is 1.39. The van der Waals surface area contributed by atoms with E-state index in [2.05, 4.69) is 5.32 Å². The number of ether oxygens (including phenoxy) is 2. The van der Waals surface area contributed by atoms with E-state index in [1.807, 2.05) is 24.3 Å². The van der Waals surface area contributed by atoms with Crippen molar-refractivity contribution in [1.29, 1.82) is 0 Å².